The number of carboxylic acid groups (broad SMARTS) is 1. The SMILES string of the molecule is CCCCNC(CC)(C(=O)O)c1ccc(C)cc1. The standard InChI is InChI=1S/C15H23NO2/c1-4-6-11-16-15(5-2,14(17)18)13-9-7-12(3)8-10-13/h7-10,16H,4-6,11H2,1-3H3,(H,17,18). The molecule has 1 rings (SSSR count). The van der Waals surface area contributed by atoms with E-state index < -0.39 is 11.5 Å². The van der Waals surface area contributed by atoms with E-state index in [1.165, 1.54) is 0 Å². The number of unbranched alkanes of at least 4 members (excludes halogenated alkanes) is 1. The Morgan fingerprint density at radius 1 is 1.28 bits per heavy atom. The molecule has 0 bridgehead atoms. The quantitative estimate of drug-likeness (QED) is 0.730. The molecule has 1 unspecified atom stereocenters. The molecule has 3 nitrogen and oxygen atoms in total. The molecule has 3 heteroatoms. The van der Waals surface area contributed by atoms with Crippen molar-refractivity contribution in [1.82, 2.24) is 5.32 Å². The number of hydrogen-bond donors (Lipinski definition) is 2. The molecule has 0 amide bonds. The minimum Gasteiger partial charge on any atom is -0.480 e. The van der Waals surface area contributed by atoms with Gasteiger partial charge in [0.15, 0.2) is 0 Å². The Kier molecular flexibility index (Phi) is 5.35. The van der Waals surface area contributed by atoms with E-state index in [1.807, 2.05) is 38.1 Å². The number of carbonyl (C=O) groups is 1. The highest BCUT2D eigenvalue weighted by Crippen LogP contribution is 2.26. The first-order valence-corrected chi connectivity index (χ1v) is 6.62. The van der Waals surface area contributed by atoms with E-state index in [4.69, 9.17) is 0 Å². The summed E-state index contributed by atoms with van der Waals surface area (Å²) in [4.78, 5) is 11.7. The van der Waals surface area contributed by atoms with Gasteiger partial charge in [0.1, 0.15) is 5.54 Å². The largest absolute Gasteiger partial charge is 0.480 e. The van der Waals surface area contributed by atoms with Crippen molar-refractivity contribution in [2.45, 2.75) is 45.6 Å². The molecule has 18 heavy (non-hydrogen) atoms. The second kappa shape index (κ2) is 6.55. The highest BCUT2D eigenvalue weighted by molar-refractivity contribution is 5.80. The lowest BCUT2D eigenvalue weighted by molar-refractivity contribution is -0.145. The first-order valence-electron chi connectivity index (χ1n) is 6.62. The van der Waals surface area contributed by atoms with Crippen molar-refractivity contribution in [2.24, 2.45) is 0 Å². The van der Waals surface area contributed by atoms with Crippen LogP contribution in [0.25, 0.3) is 0 Å². The first-order chi connectivity index (χ1) is 8.56. The van der Waals surface area contributed by atoms with Crippen LogP contribution in [0.4, 0.5) is 0 Å². The number of hydrogen-bond acceptors (Lipinski definition) is 2. The number of rotatable bonds is 7. The third kappa shape index (κ3) is 3.10. The first kappa shape index (κ1) is 14.7. The summed E-state index contributed by atoms with van der Waals surface area (Å²) in [5.41, 5.74) is 1.02. The van der Waals surface area contributed by atoms with Crippen molar-refractivity contribution in [1.29, 1.82) is 0 Å². The summed E-state index contributed by atoms with van der Waals surface area (Å²) >= 11 is 0. The summed E-state index contributed by atoms with van der Waals surface area (Å²) in [7, 11) is 0. The minimum absolute atomic E-state index is 0.537. The number of benzene rings is 1. The van der Waals surface area contributed by atoms with Crippen molar-refractivity contribution < 1.29 is 9.90 Å². The molecule has 0 aliphatic heterocycles. The topological polar surface area (TPSA) is 49.3 Å². The second-order valence-electron chi connectivity index (χ2n) is 4.71. The Labute approximate surface area is 109 Å². The van der Waals surface area contributed by atoms with Crippen LogP contribution >= 0.6 is 0 Å². The Morgan fingerprint density at radius 3 is 2.33 bits per heavy atom. The van der Waals surface area contributed by atoms with E-state index >= 15 is 0 Å². The van der Waals surface area contributed by atoms with Crippen molar-refractivity contribution in [3.63, 3.8) is 0 Å². The maximum absolute atomic E-state index is 11.7. The predicted octanol–water partition coefficient (Wildman–Crippen LogP) is 3.07. The van der Waals surface area contributed by atoms with Crippen molar-refractivity contribution in [3.05, 3.63) is 35.4 Å². The van der Waals surface area contributed by atoms with Gasteiger partial charge in [-0.2, -0.15) is 0 Å². The molecule has 0 aliphatic rings. The molecule has 1 aromatic rings. The fourth-order valence-electron chi connectivity index (χ4n) is 2.10. The normalized spacial score (nSPS) is 14.2. The Hall–Kier alpha value is -1.35. The van der Waals surface area contributed by atoms with Crippen LogP contribution in [-0.2, 0) is 10.3 Å². The number of aryl methyl sites for hydroxylation is 1. The van der Waals surface area contributed by atoms with Gasteiger partial charge in [-0.3, -0.25) is 5.32 Å². The highest BCUT2D eigenvalue weighted by atomic mass is 16.4. The average molecular weight is 249 g/mol. The molecule has 0 fully saturated rings. The van der Waals surface area contributed by atoms with Crippen LogP contribution in [0.3, 0.4) is 0 Å². The van der Waals surface area contributed by atoms with Gasteiger partial charge in [-0.25, -0.2) is 4.79 Å². The molecule has 0 saturated carbocycles. The van der Waals surface area contributed by atoms with Crippen molar-refractivity contribution in [2.75, 3.05) is 6.54 Å². The van der Waals surface area contributed by atoms with E-state index in [0.717, 1.165) is 30.5 Å². The van der Waals surface area contributed by atoms with E-state index in [0.29, 0.717) is 6.42 Å². The average Bonchev–Trinajstić information content (AvgIpc) is 2.36. The summed E-state index contributed by atoms with van der Waals surface area (Å²) in [6, 6.07) is 7.74. The predicted molar refractivity (Wildman–Crippen MR) is 73.7 cm³/mol. The monoisotopic (exact) mass is 249 g/mol. The Bertz CT molecular complexity index is 386. The Morgan fingerprint density at radius 2 is 1.89 bits per heavy atom. The van der Waals surface area contributed by atoms with Gasteiger partial charge in [-0.05, 0) is 31.9 Å². The lowest BCUT2D eigenvalue weighted by Gasteiger charge is -2.30. The Balaban J connectivity index is 3.02. The summed E-state index contributed by atoms with van der Waals surface area (Å²) < 4.78 is 0. The molecule has 1 atom stereocenters. The molecule has 0 spiro atoms. The fraction of sp³-hybridized carbons (Fsp3) is 0.533. The lowest BCUT2D eigenvalue weighted by Crippen LogP contribution is -2.49. The summed E-state index contributed by atoms with van der Waals surface area (Å²) in [6.07, 6.45) is 2.58. The summed E-state index contributed by atoms with van der Waals surface area (Å²) in [5.74, 6) is -0.801. The van der Waals surface area contributed by atoms with Crippen molar-refractivity contribution in [3.8, 4) is 0 Å². The van der Waals surface area contributed by atoms with E-state index in [-0.39, 0.29) is 0 Å². The fourth-order valence-corrected chi connectivity index (χ4v) is 2.10. The van der Waals surface area contributed by atoms with E-state index in [1.54, 1.807) is 0 Å². The van der Waals surface area contributed by atoms with Gasteiger partial charge in [0, 0.05) is 0 Å². The van der Waals surface area contributed by atoms with Crippen LogP contribution in [0, 0.1) is 6.92 Å². The molecular weight excluding hydrogens is 226 g/mol. The zero-order chi connectivity index (χ0) is 13.6. The van der Waals surface area contributed by atoms with Gasteiger partial charge in [0.2, 0.25) is 0 Å². The minimum atomic E-state index is -0.955. The molecule has 0 saturated heterocycles. The van der Waals surface area contributed by atoms with Crippen LogP contribution in [0.15, 0.2) is 24.3 Å². The van der Waals surface area contributed by atoms with Crippen LogP contribution in [0.5, 0.6) is 0 Å². The van der Waals surface area contributed by atoms with Crippen molar-refractivity contribution >= 4 is 5.97 Å². The van der Waals surface area contributed by atoms with Gasteiger partial charge in [0.05, 0.1) is 0 Å². The van der Waals surface area contributed by atoms with Gasteiger partial charge in [0.25, 0.3) is 0 Å². The molecule has 0 radical (unpaired) electrons. The van der Waals surface area contributed by atoms with Crippen LogP contribution < -0.4 is 5.32 Å². The number of aliphatic carboxylic acids is 1. The van der Waals surface area contributed by atoms with Gasteiger partial charge < -0.3 is 5.11 Å². The second-order valence-corrected chi connectivity index (χ2v) is 4.71. The maximum atomic E-state index is 11.7. The van der Waals surface area contributed by atoms with E-state index in [9.17, 15) is 9.90 Å². The van der Waals surface area contributed by atoms with Crippen LogP contribution in [-0.4, -0.2) is 17.6 Å². The highest BCUT2D eigenvalue weighted by Gasteiger charge is 2.37. The smallest absolute Gasteiger partial charge is 0.328 e. The summed E-state index contributed by atoms with van der Waals surface area (Å²) in [6.45, 7) is 6.74. The molecule has 2 N–H and O–H groups in total. The molecular formula is C15H23NO2. The molecule has 0 aromatic heterocycles. The number of nitrogens with one attached hydrogen (secondary N) is 1. The van der Waals surface area contributed by atoms with E-state index in [2.05, 4.69) is 12.2 Å². The lowest BCUT2D eigenvalue weighted by atomic mass is 9.86. The molecule has 1 aromatic carbocycles. The van der Waals surface area contributed by atoms with Crippen LogP contribution in [0.1, 0.15) is 44.2 Å². The van der Waals surface area contributed by atoms with Gasteiger partial charge in [-0.15, -0.1) is 0 Å². The third-order valence-corrected chi connectivity index (χ3v) is 3.40. The zero-order valence-electron chi connectivity index (χ0n) is 11.5. The molecule has 100 valence electrons. The van der Waals surface area contributed by atoms with Gasteiger partial charge >= 0.3 is 5.97 Å². The maximum Gasteiger partial charge on any atom is 0.328 e. The molecule has 0 aliphatic carbocycles. The van der Waals surface area contributed by atoms with Gasteiger partial charge in [-0.1, -0.05) is 50.1 Å². The summed E-state index contributed by atoms with van der Waals surface area (Å²) in [5, 5.41) is 12.8. The zero-order valence-corrected chi connectivity index (χ0v) is 11.5. The number of carboxylic acids is 1. The molecule has 0 heterocycles. The van der Waals surface area contributed by atoms with Crippen LogP contribution in [0.2, 0.25) is 0 Å². The third-order valence-electron chi connectivity index (χ3n) is 3.40.